The number of aromatic nitrogens is 2. The van der Waals surface area contributed by atoms with Gasteiger partial charge in [0.25, 0.3) is 0 Å². The predicted octanol–water partition coefficient (Wildman–Crippen LogP) is 2.70. The van der Waals surface area contributed by atoms with E-state index in [9.17, 15) is 0 Å². The molecule has 0 aliphatic carbocycles. The summed E-state index contributed by atoms with van der Waals surface area (Å²) in [6.07, 6.45) is 1.48. The van der Waals surface area contributed by atoms with Crippen molar-refractivity contribution in [3.63, 3.8) is 0 Å². The molecule has 0 fully saturated rings. The van der Waals surface area contributed by atoms with Gasteiger partial charge in [-0.05, 0) is 34.1 Å². The fraction of sp³-hybridized carbons (Fsp3) is 0.444. The van der Waals surface area contributed by atoms with Crippen LogP contribution < -0.4 is 4.74 Å². The van der Waals surface area contributed by atoms with Crippen LogP contribution >= 0.6 is 0 Å². The standard InChI is InChI=1S/C13H13N2O.C5H12O2.Ir/c1-9-8-14-13(10(2)15-9)11-5-4-6-12(7-11)16-3;1-4(6)3-5(2)7;/h4,6-8H,1-3H3;4-7H,3H2,1-2H3;/q-1;;. The first-order valence-corrected chi connectivity index (χ1v) is 7.56. The predicted molar refractivity (Wildman–Crippen MR) is 90.3 cm³/mol. The summed E-state index contributed by atoms with van der Waals surface area (Å²) in [5.74, 6) is 0.801. The molecular formula is C18H25IrN2O3-. The first-order chi connectivity index (χ1) is 10.8. The zero-order chi connectivity index (χ0) is 17.4. The van der Waals surface area contributed by atoms with E-state index in [1.54, 1.807) is 27.2 Å². The molecule has 1 aromatic heterocycles. The van der Waals surface area contributed by atoms with E-state index in [2.05, 4.69) is 16.0 Å². The van der Waals surface area contributed by atoms with E-state index in [4.69, 9.17) is 14.9 Å². The number of ether oxygens (including phenoxy) is 1. The molecule has 2 aromatic rings. The Labute approximate surface area is 157 Å². The Kier molecular flexibility index (Phi) is 10.6. The van der Waals surface area contributed by atoms with Crippen molar-refractivity contribution in [1.82, 2.24) is 9.97 Å². The largest absolute Gasteiger partial charge is 0.516 e. The molecule has 135 valence electrons. The van der Waals surface area contributed by atoms with Crippen molar-refractivity contribution >= 4 is 0 Å². The number of aryl methyl sites for hydroxylation is 2. The van der Waals surface area contributed by atoms with Crippen molar-refractivity contribution in [3.05, 3.63) is 41.9 Å². The van der Waals surface area contributed by atoms with Gasteiger partial charge in [-0.25, -0.2) is 0 Å². The number of aliphatic hydroxyl groups is 2. The fourth-order valence-corrected chi connectivity index (χ4v) is 2.07. The summed E-state index contributed by atoms with van der Waals surface area (Å²) in [4.78, 5) is 8.76. The third-order valence-corrected chi connectivity index (χ3v) is 3.01. The van der Waals surface area contributed by atoms with Gasteiger partial charge in [-0.1, -0.05) is 0 Å². The molecule has 0 bridgehead atoms. The topological polar surface area (TPSA) is 75.5 Å². The summed E-state index contributed by atoms with van der Waals surface area (Å²) in [7, 11) is 1.65. The first-order valence-electron chi connectivity index (χ1n) is 7.56. The average Bonchev–Trinajstić information content (AvgIpc) is 2.46. The summed E-state index contributed by atoms with van der Waals surface area (Å²) < 4.78 is 5.17. The molecule has 5 nitrogen and oxygen atoms in total. The molecule has 24 heavy (non-hydrogen) atoms. The maximum atomic E-state index is 8.56. The smallest absolute Gasteiger partial charge is 0.0751 e. The van der Waals surface area contributed by atoms with E-state index >= 15 is 0 Å². The number of nitrogens with zero attached hydrogens (tertiary/aromatic N) is 2. The summed E-state index contributed by atoms with van der Waals surface area (Å²) in [6.45, 7) is 7.20. The normalized spacial score (nSPS) is 12.3. The summed E-state index contributed by atoms with van der Waals surface area (Å²) >= 11 is 0. The molecule has 1 heterocycles. The van der Waals surface area contributed by atoms with Crippen molar-refractivity contribution in [2.75, 3.05) is 7.11 Å². The van der Waals surface area contributed by atoms with Crippen LogP contribution in [0.1, 0.15) is 31.7 Å². The van der Waals surface area contributed by atoms with Crippen LogP contribution in [0.2, 0.25) is 0 Å². The number of benzene rings is 1. The molecule has 2 unspecified atom stereocenters. The van der Waals surface area contributed by atoms with Crippen LogP contribution in [0.15, 0.2) is 24.4 Å². The molecule has 0 saturated heterocycles. The Morgan fingerprint density at radius 2 is 1.83 bits per heavy atom. The summed E-state index contributed by atoms with van der Waals surface area (Å²) in [5, 5.41) is 17.1. The van der Waals surface area contributed by atoms with Gasteiger partial charge in [-0.2, -0.15) is 0 Å². The third kappa shape index (κ3) is 7.97. The van der Waals surface area contributed by atoms with Crippen LogP contribution in [0.4, 0.5) is 0 Å². The van der Waals surface area contributed by atoms with E-state index < -0.39 is 0 Å². The van der Waals surface area contributed by atoms with Gasteiger partial charge in [-0.15, -0.1) is 29.8 Å². The molecular weight excluding hydrogens is 484 g/mol. The minimum atomic E-state index is -0.375. The second-order valence-electron chi connectivity index (χ2n) is 5.52. The van der Waals surface area contributed by atoms with Crippen LogP contribution in [0.5, 0.6) is 5.75 Å². The number of rotatable bonds is 4. The van der Waals surface area contributed by atoms with Crippen LogP contribution in [-0.4, -0.2) is 39.5 Å². The summed E-state index contributed by atoms with van der Waals surface area (Å²) in [6, 6.07) is 8.74. The SMILES string of the molecule is CC(O)CC(C)O.COc1cc[c-]c(-c2ncc(C)nc2C)c1.[Ir]. The second-order valence-corrected chi connectivity index (χ2v) is 5.52. The van der Waals surface area contributed by atoms with E-state index in [1.807, 2.05) is 32.0 Å². The van der Waals surface area contributed by atoms with Gasteiger partial charge in [0.05, 0.1) is 25.0 Å². The van der Waals surface area contributed by atoms with E-state index in [0.29, 0.717) is 6.42 Å². The zero-order valence-corrected chi connectivity index (χ0v) is 17.1. The molecule has 0 aliphatic rings. The Morgan fingerprint density at radius 1 is 1.21 bits per heavy atom. The van der Waals surface area contributed by atoms with Gasteiger partial charge in [0.1, 0.15) is 0 Å². The van der Waals surface area contributed by atoms with Crippen LogP contribution in [-0.2, 0) is 20.1 Å². The average molecular weight is 510 g/mol. The van der Waals surface area contributed by atoms with E-state index in [0.717, 1.165) is 28.4 Å². The van der Waals surface area contributed by atoms with Gasteiger partial charge in [0, 0.05) is 43.4 Å². The second kappa shape index (κ2) is 11.3. The number of hydrogen-bond acceptors (Lipinski definition) is 5. The third-order valence-electron chi connectivity index (χ3n) is 3.01. The Bertz CT molecular complexity index is 613. The van der Waals surface area contributed by atoms with Crippen LogP contribution in [0.25, 0.3) is 11.3 Å². The Balaban J connectivity index is 0.000000570. The van der Waals surface area contributed by atoms with Gasteiger partial charge in [0.2, 0.25) is 0 Å². The number of methoxy groups -OCH3 is 1. The first kappa shape index (κ1) is 22.7. The molecule has 0 aliphatic heterocycles. The monoisotopic (exact) mass is 510 g/mol. The van der Waals surface area contributed by atoms with Crippen molar-refractivity contribution < 1.29 is 35.1 Å². The molecule has 0 spiro atoms. The van der Waals surface area contributed by atoms with Crippen molar-refractivity contribution in [1.29, 1.82) is 0 Å². The molecule has 6 heteroatoms. The van der Waals surface area contributed by atoms with Crippen molar-refractivity contribution in [3.8, 4) is 17.0 Å². The molecule has 2 N–H and O–H groups in total. The van der Waals surface area contributed by atoms with Gasteiger partial charge in [0.15, 0.2) is 0 Å². The Morgan fingerprint density at radius 3 is 2.29 bits per heavy atom. The van der Waals surface area contributed by atoms with Crippen molar-refractivity contribution in [2.24, 2.45) is 0 Å². The minimum absolute atomic E-state index is 0. The van der Waals surface area contributed by atoms with E-state index in [1.165, 1.54) is 0 Å². The molecule has 2 atom stereocenters. The molecule has 1 aromatic carbocycles. The number of aliphatic hydroxyl groups excluding tert-OH is 2. The van der Waals surface area contributed by atoms with Gasteiger partial charge in [-0.3, -0.25) is 4.98 Å². The molecule has 1 radical (unpaired) electrons. The van der Waals surface area contributed by atoms with Gasteiger partial charge < -0.3 is 19.9 Å². The quantitative estimate of drug-likeness (QED) is 0.620. The maximum Gasteiger partial charge on any atom is 0.0751 e. The minimum Gasteiger partial charge on any atom is -0.516 e. The molecule has 0 saturated carbocycles. The molecule has 0 amide bonds. The van der Waals surface area contributed by atoms with Gasteiger partial charge >= 0.3 is 0 Å². The van der Waals surface area contributed by atoms with E-state index in [-0.39, 0.29) is 32.3 Å². The Hall–Kier alpha value is -1.33. The number of hydrogen-bond donors (Lipinski definition) is 2. The zero-order valence-electron chi connectivity index (χ0n) is 14.7. The van der Waals surface area contributed by atoms with Crippen LogP contribution in [0.3, 0.4) is 0 Å². The molecule has 2 rings (SSSR count). The van der Waals surface area contributed by atoms with Crippen LogP contribution in [0, 0.1) is 19.9 Å². The van der Waals surface area contributed by atoms with Crippen molar-refractivity contribution in [2.45, 2.75) is 46.3 Å². The maximum absolute atomic E-state index is 8.56. The fourth-order valence-electron chi connectivity index (χ4n) is 2.07. The summed E-state index contributed by atoms with van der Waals surface area (Å²) in [5.41, 5.74) is 3.59.